The van der Waals surface area contributed by atoms with Crippen LogP contribution in [-0.2, 0) is 48.0 Å². The van der Waals surface area contributed by atoms with Crippen LogP contribution < -0.4 is 0 Å². The van der Waals surface area contributed by atoms with Crippen LogP contribution in [0.4, 0.5) is 0 Å². The van der Waals surface area contributed by atoms with E-state index in [4.69, 9.17) is 39.9 Å². The van der Waals surface area contributed by atoms with Crippen LogP contribution in [0.3, 0.4) is 0 Å². The van der Waals surface area contributed by atoms with Crippen LogP contribution in [-0.4, -0.2) is 49.5 Å². The van der Waals surface area contributed by atoms with Crippen LogP contribution in [0.5, 0.6) is 0 Å². The zero-order valence-electron chi connectivity index (χ0n) is 29.2. The molecule has 4 saturated heterocycles. The lowest BCUT2D eigenvalue weighted by molar-refractivity contribution is -0.351. The maximum Gasteiger partial charge on any atom is 0.332 e. The average Bonchev–Trinajstić information content (AvgIpc) is 3.52. The third-order valence-corrected chi connectivity index (χ3v) is 11.6. The van der Waals surface area contributed by atoms with Crippen LogP contribution in [0, 0.1) is 0 Å². The second kappa shape index (κ2) is 16.3. The zero-order chi connectivity index (χ0) is 34.5. The van der Waals surface area contributed by atoms with E-state index in [1.54, 1.807) is 0 Å². The summed E-state index contributed by atoms with van der Waals surface area (Å²) in [6.45, 7) is 1.05. The quantitative estimate of drug-likeness (QED) is 0.145. The fourth-order valence-electron chi connectivity index (χ4n) is 8.80. The Kier molecular flexibility index (Phi) is 11.2. The first-order valence-electron chi connectivity index (χ1n) is 18.9. The Morgan fingerprint density at radius 3 is 2.00 bits per heavy atom. The SMILES string of the molecule is Clc1ccc(CC[C@@]2(B3OC4CCCC3CCC4)O[C@@H]3COC(c4ccccc4)O[C@H]3[C@H](OCc3ccccc3)[C@H]2OCc2ccccc2)cc1. The first kappa shape index (κ1) is 35.0. The molecule has 0 spiro atoms. The Morgan fingerprint density at radius 1 is 0.706 bits per heavy atom. The van der Waals surface area contributed by atoms with Gasteiger partial charge in [0.1, 0.15) is 29.9 Å². The van der Waals surface area contributed by atoms with E-state index < -0.39 is 30.1 Å². The lowest BCUT2D eigenvalue weighted by Crippen LogP contribution is -2.74. The molecular formula is C43H48BClO6. The van der Waals surface area contributed by atoms with Gasteiger partial charge in [-0.15, -0.1) is 0 Å². The molecule has 4 aromatic rings. The summed E-state index contributed by atoms with van der Waals surface area (Å²) < 4.78 is 42.6. The minimum absolute atomic E-state index is 0.170. The fraction of sp³-hybridized carbons (Fsp3) is 0.442. The second-order valence-corrected chi connectivity index (χ2v) is 15.1. The predicted octanol–water partition coefficient (Wildman–Crippen LogP) is 9.35. The van der Waals surface area contributed by atoms with E-state index in [1.165, 1.54) is 18.4 Å². The molecule has 51 heavy (non-hydrogen) atoms. The van der Waals surface area contributed by atoms with Gasteiger partial charge in [-0.3, -0.25) is 0 Å². The molecule has 1 unspecified atom stereocenters. The van der Waals surface area contributed by atoms with Gasteiger partial charge in [0.2, 0.25) is 0 Å². The Hall–Kier alpha value is -3.01. The molecule has 6 nitrogen and oxygen atoms in total. The number of rotatable bonds is 11. The van der Waals surface area contributed by atoms with Crippen molar-refractivity contribution >= 4 is 18.5 Å². The molecule has 4 aliphatic rings. The van der Waals surface area contributed by atoms with Gasteiger partial charge in [-0.1, -0.05) is 140 Å². The van der Waals surface area contributed by atoms with Gasteiger partial charge in [0.25, 0.3) is 0 Å². The summed E-state index contributed by atoms with van der Waals surface area (Å²) in [6.07, 6.45) is 6.11. The van der Waals surface area contributed by atoms with Gasteiger partial charge in [0.15, 0.2) is 6.29 Å². The molecule has 266 valence electrons. The third kappa shape index (κ3) is 8.01. The Morgan fingerprint density at radius 2 is 1.33 bits per heavy atom. The average molecular weight is 707 g/mol. The lowest BCUT2D eigenvalue weighted by Gasteiger charge is -2.57. The lowest BCUT2D eigenvalue weighted by atomic mass is 9.39. The molecule has 0 aromatic heterocycles. The van der Waals surface area contributed by atoms with Gasteiger partial charge in [-0.05, 0) is 60.3 Å². The van der Waals surface area contributed by atoms with Crippen molar-refractivity contribution in [3.05, 3.63) is 143 Å². The van der Waals surface area contributed by atoms with Crippen LogP contribution in [0.25, 0.3) is 0 Å². The summed E-state index contributed by atoms with van der Waals surface area (Å²) in [6, 6.07) is 39.1. The summed E-state index contributed by atoms with van der Waals surface area (Å²) in [5.41, 5.74) is 3.54. The van der Waals surface area contributed by atoms with Gasteiger partial charge < -0.3 is 28.3 Å². The molecule has 0 amide bonds. The molecule has 8 heteroatoms. The van der Waals surface area contributed by atoms with E-state index in [1.807, 2.05) is 54.6 Å². The van der Waals surface area contributed by atoms with Crippen molar-refractivity contribution in [1.29, 1.82) is 0 Å². The molecule has 4 aromatic carbocycles. The molecule has 4 aliphatic heterocycles. The van der Waals surface area contributed by atoms with Crippen molar-refractivity contribution in [2.75, 3.05) is 6.61 Å². The van der Waals surface area contributed by atoms with Gasteiger partial charge in [-0.2, -0.15) is 0 Å². The maximum absolute atomic E-state index is 7.59. The maximum atomic E-state index is 7.59. The highest BCUT2D eigenvalue weighted by atomic mass is 35.5. The van der Waals surface area contributed by atoms with Crippen molar-refractivity contribution in [2.24, 2.45) is 0 Å². The highest BCUT2D eigenvalue weighted by Crippen LogP contribution is 2.50. The smallest absolute Gasteiger partial charge is 0.332 e. The van der Waals surface area contributed by atoms with Crippen molar-refractivity contribution in [2.45, 2.75) is 113 Å². The Balaban J connectivity index is 1.23. The summed E-state index contributed by atoms with van der Waals surface area (Å²) in [5, 5.41) is 0.731. The van der Waals surface area contributed by atoms with E-state index in [9.17, 15) is 0 Å². The summed E-state index contributed by atoms with van der Waals surface area (Å²) >= 11 is 6.34. The van der Waals surface area contributed by atoms with Gasteiger partial charge in [0, 0.05) is 16.7 Å². The molecule has 2 bridgehead atoms. The van der Waals surface area contributed by atoms with E-state index in [0.717, 1.165) is 53.8 Å². The molecule has 6 atom stereocenters. The molecule has 0 N–H and O–H groups in total. The van der Waals surface area contributed by atoms with E-state index >= 15 is 0 Å². The Bertz CT molecular complexity index is 1650. The van der Waals surface area contributed by atoms with Crippen LogP contribution in [0.15, 0.2) is 115 Å². The highest BCUT2D eigenvalue weighted by Gasteiger charge is 2.65. The van der Waals surface area contributed by atoms with E-state index in [0.29, 0.717) is 32.1 Å². The predicted molar refractivity (Wildman–Crippen MR) is 200 cm³/mol. The normalized spacial score (nSPS) is 30.7. The first-order chi connectivity index (χ1) is 25.1. The number of ether oxygens (including phenoxy) is 5. The van der Waals surface area contributed by atoms with Crippen LogP contribution >= 0.6 is 11.6 Å². The molecule has 0 radical (unpaired) electrons. The first-order valence-corrected chi connectivity index (χ1v) is 19.2. The van der Waals surface area contributed by atoms with Crippen molar-refractivity contribution in [3.8, 4) is 0 Å². The Labute approximate surface area is 307 Å². The standard InChI is InChI=1S/C43H48BClO6/c45-36-24-22-31(23-25-36)26-27-43(44-35-18-10-20-37(51-44)21-11-19-35)41(47-29-33-14-6-2-7-15-33)40(46-28-32-12-4-1-5-13-32)39-38(50-43)30-48-42(49-39)34-16-8-3-9-17-34/h1-9,12-17,22-25,35,37-42H,10-11,18-21,26-30H2/t35?,37?,38-,39-,40+,41-,42?,43-/m1/s1. The van der Waals surface area contributed by atoms with Crippen molar-refractivity contribution in [3.63, 3.8) is 0 Å². The summed E-state index contributed by atoms with van der Waals surface area (Å²) in [5.74, 6) is 0.347. The van der Waals surface area contributed by atoms with Gasteiger partial charge in [-0.25, -0.2) is 0 Å². The zero-order valence-corrected chi connectivity index (χ0v) is 30.0. The molecule has 0 saturated carbocycles. The summed E-state index contributed by atoms with van der Waals surface area (Å²) in [4.78, 5) is 0. The molecular weight excluding hydrogens is 659 g/mol. The number of hydrogen-bond donors (Lipinski definition) is 0. The summed E-state index contributed by atoms with van der Waals surface area (Å²) in [7, 11) is 0. The number of aryl methyl sites for hydroxylation is 1. The molecule has 8 rings (SSSR count). The number of fused-ring (bicyclic) bond motifs is 4. The molecule has 4 fully saturated rings. The van der Waals surface area contributed by atoms with Crippen LogP contribution in [0.1, 0.15) is 73.5 Å². The number of halogens is 1. The largest absolute Gasteiger partial charge is 0.430 e. The minimum Gasteiger partial charge on any atom is -0.430 e. The third-order valence-electron chi connectivity index (χ3n) is 11.3. The fourth-order valence-corrected chi connectivity index (χ4v) is 8.93. The highest BCUT2D eigenvalue weighted by molar-refractivity contribution is 6.57. The van der Waals surface area contributed by atoms with E-state index in [-0.39, 0.29) is 19.1 Å². The topological polar surface area (TPSA) is 55.4 Å². The minimum atomic E-state index is -0.833. The van der Waals surface area contributed by atoms with Crippen LogP contribution in [0.2, 0.25) is 10.8 Å². The van der Waals surface area contributed by atoms with Crippen molar-refractivity contribution in [1.82, 2.24) is 0 Å². The monoisotopic (exact) mass is 706 g/mol. The second-order valence-electron chi connectivity index (χ2n) is 14.7. The number of hydrogen-bond acceptors (Lipinski definition) is 6. The van der Waals surface area contributed by atoms with Crippen molar-refractivity contribution < 1.29 is 28.3 Å². The van der Waals surface area contributed by atoms with Gasteiger partial charge >= 0.3 is 6.92 Å². The molecule has 4 heterocycles. The number of benzene rings is 4. The van der Waals surface area contributed by atoms with Gasteiger partial charge in [0.05, 0.1) is 19.8 Å². The molecule has 0 aliphatic carbocycles. The van der Waals surface area contributed by atoms with E-state index in [2.05, 4.69) is 60.7 Å².